The minimum Gasteiger partial charge on any atom is -0.481 e. The first-order valence-electron chi connectivity index (χ1n) is 8.39. The van der Waals surface area contributed by atoms with Gasteiger partial charge < -0.3 is 21.1 Å². The summed E-state index contributed by atoms with van der Waals surface area (Å²) in [7, 11) is 0. The lowest BCUT2D eigenvalue weighted by atomic mass is 10.1. The average Bonchev–Trinajstić information content (AvgIpc) is 3.10. The van der Waals surface area contributed by atoms with Gasteiger partial charge in [-0.1, -0.05) is 6.07 Å². The van der Waals surface area contributed by atoms with Gasteiger partial charge in [-0.05, 0) is 37.1 Å². The number of fused-ring (bicyclic) bond motifs is 1. The van der Waals surface area contributed by atoms with Crippen LogP contribution >= 0.6 is 0 Å². The number of aromatic nitrogens is 1. The summed E-state index contributed by atoms with van der Waals surface area (Å²) in [5.41, 5.74) is 7.10. The van der Waals surface area contributed by atoms with E-state index in [4.69, 9.17) is 10.8 Å². The van der Waals surface area contributed by atoms with Gasteiger partial charge in [-0.25, -0.2) is 0 Å². The first-order valence-corrected chi connectivity index (χ1v) is 8.39. The maximum atomic E-state index is 12.6. The molecule has 0 saturated carbocycles. The van der Waals surface area contributed by atoms with Gasteiger partial charge in [-0.2, -0.15) is 0 Å². The number of nitrogens with one attached hydrogen (secondary N) is 1. The lowest BCUT2D eigenvalue weighted by molar-refractivity contribution is -0.143. The van der Waals surface area contributed by atoms with Crippen LogP contribution in [0.3, 0.4) is 0 Å². The SMILES string of the molecule is N[C@@H](CC(=O)O)C(=O)N1CCC[C@H]1C(=O)Nc1ccc2ncccc2c1. The minimum atomic E-state index is -1.15. The molecule has 136 valence electrons. The molecule has 2 atom stereocenters. The van der Waals surface area contributed by atoms with Gasteiger partial charge in [0.05, 0.1) is 18.0 Å². The Labute approximate surface area is 150 Å². The van der Waals surface area contributed by atoms with E-state index in [1.807, 2.05) is 24.3 Å². The van der Waals surface area contributed by atoms with E-state index in [-0.39, 0.29) is 5.91 Å². The summed E-state index contributed by atoms with van der Waals surface area (Å²) >= 11 is 0. The van der Waals surface area contributed by atoms with Crippen molar-refractivity contribution < 1.29 is 19.5 Å². The predicted octanol–water partition coefficient (Wildman–Crippen LogP) is 0.966. The van der Waals surface area contributed by atoms with Gasteiger partial charge in [-0.3, -0.25) is 19.4 Å². The highest BCUT2D eigenvalue weighted by Crippen LogP contribution is 2.22. The quantitative estimate of drug-likeness (QED) is 0.733. The van der Waals surface area contributed by atoms with E-state index in [2.05, 4.69) is 10.3 Å². The van der Waals surface area contributed by atoms with Crippen molar-refractivity contribution in [2.24, 2.45) is 5.73 Å². The molecule has 8 heteroatoms. The molecular weight excluding hydrogens is 336 g/mol. The normalized spacial score (nSPS) is 17.9. The molecule has 26 heavy (non-hydrogen) atoms. The molecule has 1 aromatic carbocycles. The van der Waals surface area contributed by atoms with E-state index in [0.717, 1.165) is 10.9 Å². The fourth-order valence-electron chi connectivity index (χ4n) is 3.17. The largest absolute Gasteiger partial charge is 0.481 e. The van der Waals surface area contributed by atoms with Gasteiger partial charge in [0, 0.05) is 23.8 Å². The van der Waals surface area contributed by atoms with E-state index < -0.39 is 30.4 Å². The second-order valence-corrected chi connectivity index (χ2v) is 6.29. The van der Waals surface area contributed by atoms with Crippen LogP contribution in [0.1, 0.15) is 19.3 Å². The number of carbonyl (C=O) groups is 3. The second-order valence-electron chi connectivity index (χ2n) is 6.29. The van der Waals surface area contributed by atoms with Crippen LogP contribution in [0.4, 0.5) is 5.69 Å². The highest BCUT2D eigenvalue weighted by Gasteiger charge is 2.36. The fraction of sp³-hybridized carbons (Fsp3) is 0.333. The Hall–Kier alpha value is -3.00. The van der Waals surface area contributed by atoms with E-state index >= 15 is 0 Å². The van der Waals surface area contributed by atoms with Crippen LogP contribution in [0.2, 0.25) is 0 Å². The maximum Gasteiger partial charge on any atom is 0.305 e. The minimum absolute atomic E-state index is 0.304. The number of pyridine rings is 1. The number of anilines is 1. The van der Waals surface area contributed by atoms with Gasteiger partial charge in [0.15, 0.2) is 0 Å². The van der Waals surface area contributed by atoms with Crippen LogP contribution in [-0.4, -0.2) is 51.4 Å². The lowest BCUT2D eigenvalue weighted by Gasteiger charge is -2.26. The maximum absolute atomic E-state index is 12.6. The Morgan fingerprint density at radius 3 is 2.92 bits per heavy atom. The first-order chi connectivity index (χ1) is 12.5. The smallest absolute Gasteiger partial charge is 0.305 e. The summed E-state index contributed by atoms with van der Waals surface area (Å²) in [5, 5.41) is 12.5. The highest BCUT2D eigenvalue weighted by atomic mass is 16.4. The standard InChI is InChI=1S/C18H20N4O4/c19-13(10-16(23)24)18(26)22-8-2-4-15(22)17(25)21-12-5-6-14-11(9-12)3-1-7-20-14/h1,3,5-7,9,13,15H,2,4,8,10,19H2,(H,21,25)(H,23,24)/t13-,15-/m0/s1. The zero-order valence-electron chi connectivity index (χ0n) is 14.1. The third-order valence-corrected chi connectivity index (χ3v) is 4.42. The van der Waals surface area contributed by atoms with Crippen molar-refractivity contribution >= 4 is 34.4 Å². The zero-order chi connectivity index (χ0) is 18.7. The van der Waals surface area contributed by atoms with Gasteiger partial charge in [0.2, 0.25) is 11.8 Å². The predicted molar refractivity (Wildman–Crippen MR) is 95.3 cm³/mol. The Morgan fingerprint density at radius 1 is 1.35 bits per heavy atom. The average molecular weight is 356 g/mol. The molecule has 2 amide bonds. The van der Waals surface area contributed by atoms with Gasteiger partial charge in [-0.15, -0.1) is 0 Å². The number of hydrogen-bond acceptors (Lipinski definition) is 5. The van der Waals surface area contributed by atoms with E-state index in [1.165, 1.54) is 4.90 Å². The van der Waals surface area contributed by atoms with Crippen molar-refractivity contribution in [1.82, 2.24) is 9.88 Å². The number of aliphatic carboxylic acids is 1. The summed E-state index contributed by atoms with van der Waals surface area (Å²) in [6.45, 7) is 0.395. The molecule has 0 spiro atoms. The number of carboxylic acids is 1. The number of rotatable bonds is 5. The van der Waals surface area contributed by atoms with Crippen molar-refractivity contribution in [3.8, 4) is 0 Å². The number of likely N-dealkylation sites (tertiary alicyclic amines) is 1. The second kappa shape index (κ2) is 7.49. The summed E-state index contributed by atoms with van der Waals surface area (Å²) in [6, 6.07) is 7.30. The third kappa shape index (κ3) is 3.80. The Kier molecular flexibility index (Phi) is 5.13. The van der Waals surface area contributed by atoms with Crippen LogP contribution in [0.15, 0.2) is 36.5 Å². The van der Waals surface area contributed by atoms with Crippen LogP contribution in [-0.2, 0) is 14.4 Å². The number of carbonyl (C=O) groups excluding carboxylic acids is 2. The molecule has 3 rings (SSSR count). The van der Waals surface area contributed by atoms with Gasteiger partial charge >= 0.3 is 5.97 Å². The van der Waals surface area contributed by atoms with Crippen LogP contribution < -0.4 is 11.1 Å². The van der Waals surface area contributed by atoms with Crippen molar-refractivity contribution in [2.45, 2.75) is 31.3 Å². The Bertz CT molecular complexity index is 854. The summed E-state index contributed by atoms with van der Waals surface area (Å²) in [4.78, 5) is 41.4. The van der Waals surface area contributed by atoms with Crippen LogP contribution in [0, 0.1) is 0 Å². The van der Waals surface area contributed by atoms with Crippen LogP contribution in [0.25, 0.3) is 10.9 Å². The number of amides is 2. The molecule has 0 bridgehead atoms. The van der Waals surface area contributed by atoms with Crippen molar-refractivity contribution in [1.29, 1.82) is 0 Å². The number of nitrogens with zero attached hydrogens (tertiary/aromatic N) is 2. The molecule has 0 radical (unpaired) electrons. The van der Waals surface area contributed by atoms with Crippen molar-refractivity contribution in [2.75, 3.05) is 11.9 Å². The van der Waals surface area contributed by atoms with E-state index in [0.29, 0.717) is 25.1 Å². The fourth-order valence-corrected chi connectivity index (χ4v) is 3.17. The van der Waals surface area contributed by atoms with Gasteiger partial charge in [0.1, 0.15) is 6.04 Å². The monoisotopic (exact) mass is 356 g/mol. The first kappa shape index (κ1) is 17.8. The Balaban J connectivity index is 1.71. The molecule has 1 fully saturated rings. The Morgan fingerprint density at radius 2 is 2.15 bits per heavy atom. The zero-order valence-corrected chi connectivity index (χ0v) is 14.1. The molecule has 1 aromatic heterocycles. The number of carboxylic acid groups (broad SMARTS) is 1. The number of benzene rings is 1. The third-order valence-electron chi connectivity index (χ3n) is 4.42. The summed E-state index contributed by atoms with van der Waals surface area (Å²) in [6.07, 6.45) is 2.43. The number of hydrogen-bond donors (Lipinski definition) is 3. The van der Waals surface area contributed by atoms with Crippen molar-refractivity contribution in [3.05, 3.63) is 36.5 Å². The van der Waals surface area contributed by atoms with Crippen LogP contribution in [0.5, 0.6) is 0 Å². The van der Waals surface area contributed by atoms with Crippen molar-refractivity contribution in [3.63, 3.8) is 0 Å². The summed E-state index contributed by atoms with van der Waals surface area (Å²) in [5.74, 6) is -1.95. The topological polar surface area (TPSA) is 126 Å². The molecule has 1 saturated heterocycles. The molecule has 1 aliphatic heterocycles. The summed E-state index contributed by atoms with van der Waals surface area (Å²) < 4.78 is 0. The van der Waals surface area contributed by atoms with E-state index in [9.17, 15) is 14.4 Å². The molecule has 2 aromatic rings. The van der Waals surface area contributed by atoms with Gasteiger partial charge in [0.25, 0.3) is 0 Å². The highest BCUT2D eigenvalue weighted by molar-refractivity contribution is 5.99. The molecule has 2 heterocycles. The molecule has 4 N–H and O–H groups in total. The molecule has 8 nitrogen and oxygen atoms in total. The number of nitrogens with two attached hydrogens (primary N) is 1. The molecule has 0 aliphatic carbocycles. The lowest BCUT2D eigenvalue weighted by Crippen LogP contribution is -2.50. The molecular formula is C18H20N4O4. The van der Waals surface area contributed by atoms with E-state index in [1.54, 1.807) is 12.3 Å². The molecule has 0 unspecified atom stereocenters. The molecule has 1 aliphatic rings.